The number of pyridine rings is 1. The largest absolute Gasteiger partial charge is 0.418 e. The van der Waals surface area contributed by atoms with Gasteiger partial charge >= 0.3 is 17.4 Å². The summed E-state index contributed by atoms with van der Waals surface area (Å²) in [6.45, 7) is 3.00. The molecule has 0 radical (unpaired) electrons. The van der Waals surface area contributed by atoms with Gasteiger partial charge < -0.3 is 16.0 Å². The van der Waals surface area contributed by atoms with Crippen LogP contribution >= 0.6 is 0 Å². The summed E-state index contributed by atoms with van der Waals surface area (Å²) in [4.78, 5) is 50.8. The number of rotatable bonds is 5. The van der Waals surface area contributed by atoms with Crippen molar-refractivity contribution >= 4 is 17.4 Å². The molecule has 4 heterocycles. The maximum absolute atomic E-state index is 13.4. The quantitative estimate of drug-likeness (QED) is 0.357. The molecule has 2 aromatic rings. The van der Waals surface area contributed by atoms with Crippen LogP contribution in [0.25, 0.3) is 0 Å². The van der Waals surface area contributed by atoms with Crippen LogP contribution in [0.15, 0.2) is 28.0 Å². The molecule has 2 atom stereocenters. The van der Waals surface area contributed by atoms with Gasteiger partial charge in [0.2, 0.25) is 0 Å². The van der Waals surface area contributed by atoms with Crippen LogP contribution in [-0.2, 0) is 13.2 Å². The molecule has 37 heavy (non-hydrogen) atoms. The van der Waals surface area contributed by atoms with Crippen molar-refractivity contribution in [2.45, 2.75) is 38.3 Å². The number of piperidine rings is 1. The van der Waals surface area contributed by atoms with Crippen LogP contribution in [0.5, 0.6) is 0 Å². The third-order valence-corrected chi connectivity index (χ3v) is 6.12. The van der Waals surface area contributed by atoms with E-state index >= 15 is 0 Å². The zero-order valence-electron chi connectivity index (χ0n) is 20.0. The summed E-state index contributed by atoms with van der Waals surface area (Å²) in [6, 6.07) is 0.779. The first-order valence-corrected chi connectivity index (χ1v) is 11.3. The van der Waals surface area contributed by atoms with E-state index in [4.69, 9.17) is 10.7 Å². The lowest BCUT2D eigenvalue weighted by molar-refractivity contribution is -0.138. The van der Waals surface area contributed by atoms with Crippen molar-refractivity contribution in [1.29, 1.82) is 0 Å². The Bertz CT molecular complexity index is 1380. The van der Waals surface area contributed by atoms with Gasteiger partial charge in [0.25, 0.3) is 5.91 Å². The number of fused-ring (bicyclic) bond motifs is 1. The highest BCUT2D eigenvalue weighted by atomic mass is 19.4. The van der Waals surface area contributed by atoms with E-state index < -0.39 is 40.7 Å². The zero-order chi connectivity index (χ0) is 26.9. The maximum atomic E-state index is 13.4. The summed E-state index contributed by atoms with van der Waals surface area (Å²) < 4.78 is 41.1. The number of amides is 1. The van der Waals surface area contributed by atoms with Gasteiger partial charge in [-0.1, -0.05) is 10.7 Å². The SMILES string of the molecule is CC#CCN1c2c(n(C)c(=O)n(ONC(=O)c3ccncc3C(F)(F)F)c2=O)NC1N1CCCC(N)C1. The fourth-order valence-corrected chi connectivity index (χ4v) is 4.34. The molecule has 4 rings (SSSR count). The molecule has 15 heteroatoms. The minimum absolute atomic E-state index is 0.0446. The third-order valence-electron chi connectivity index (χ3n) is 6.12. The first-order valence-electron chi connectivity index (χ1n) is 11.3. The standard InChI is InChI=1S/C22H25F3N8O4/c1-3-4-10-32-16-17(28-20(32)31-9-5-6-13(26)12-31)30(2)21(36)33(19(16)35)37-29-18(34)14-7-8-27-11-15(14)22(23,24)25/h7-8,11,13,20,28H,5-6,9-10,12,26H2,1-2H3,(H,29,34). The number of hydroxylamine groups is 1. The highest BCUT2D eigenvalue weighted by Crippen LogP contribution is 2.32. The number of alkyl halides is 3. The van der Waals surface area contributed by atoms with E-state index in [0.29, 0.717) is 19.3 Å². The van der Waals surface area contributed by atoms with E-state index in [9.17, 15) is 27.6 Å². The molecule has 1 amide bonds. The Morgan fingerprint density at radius 2 is 2.14 bits per heavy atom. The van der Waals surface area contributed by atoms with Crippen molar-refractivity contribution in [1.82, 2.24) is 24.7 Å². The number of anilines is 2. The molecule has 1 saturated heterocycles. The Morgan fingerprint density at radius 3 is 2.81 bits per heavy atom. The molecule has 2 aliphatic rings. The maximum Gasteiger partial charge on any atom is 0.418 e. The molecule has 12 nitrogen and oxygen atoms in total. The summed E-state index contributed by atoms with van der Waals surface area (Å²) in [6.07, 6.45) is -2.21. The molecule has 0 spiro atoms. The van der Waals surface area contributed by atoms with Crippen LogP contribution in [-0.4, -0.2) is 57.1 Å². The lowest BCUT2D eigenvalue weighted by Gasteiger charge is -2.39. The lowest BCUT2D eigenvalue weighted by Crippen LogP contribution is -2.56. The molecule has 4 N–H and O–H groups in total. The van der Waals surface area contributed by atoms with E-state index in [-0.39, 0.29) is 28.8 Å². The number of nitrogens with one attached hydrogen (secondary N) is 2. The van der Waals surface area contributed by atoms with Crippen molar-refractivity contribution in [3.63, 3.8) is 0 Å². The average Bonchev–Trinajstić information content (AvgIpc) is 3.25. The second-order valence-electron chi connectivity index (χ2n) is 8.55. The van der Waals surface area contributed by atoms with Gasteiger partial charge in [0.15, 0.2) is 12.0 Å². The number of likely N-dealkylation sites (tertiary alicyclic amines) is 1. The van der Waals surface area contributed by atoms with Crippen LogP contribution < -0.4 is 37.6 Å². The number of hydrogen-bond acceptors (Lipinski definition) is 9. The van der Waals surface area contributed by atoms with E-state index in [2.05, 4.69) is 22.1 Å². The third kappa shape index (κ3) is 4.98. The first kappa shape index (κ1) is 26.0. The van der Waals surface area contributed by atoms with Gasteiger partial charge in [-0.25, -0.2) is 4.79 Å². The highest BCUT2D eigenvalue weighted by Gasteiger charge is 2.40. The molecule has 0 aliphatic carbocycles. The van der Waals surface area contributed by atoms with E-state index in [1.54, 1.807) is 17.3 Å². The Labute approximate surface area is 208 Å². The molecular weight excluding hydrogens is 497 g/mol. The molecule has 2 unspecified atom stereocenters. The van der Waals surface area contributed by atoms with Gasteiger partial charge in [0, 0.05) is 38.6 Å². The van der Waals surface area contributed by atoms with Gasteiger partial charge in [-0.3, -0.25) is 29.0 Å². The normalized spacial score (nSPS) is 19.5. The van der Waals surface area contributed by atoms with E-state index in [0.717, 1.165) is 29.7 Å². The van der Waals surface area contributed by atoms with Gasteiger partial charge in [-0.15, -0.1) is 5.92 Å². The smallest absolute Gasteiger partial charge is 0.337 e. The molecule has 0 saturated carbocycles. The summed E-state index contributed by atoms with van der Waals surface area (Å²) in [5.41, 5.74) is 3.93. The average molecular weight is 522 g/mol. The van der Waals surface area contributed by atoms with Crippen molar-refractivity contribution < 1.29 is 22.9 Å². The number of aromatic nitrogens is 3. The van der Waals surface area contributed by atoms with Crippen molar-refractivity contribution in [2.75, 3.05) is 29.9 Å². The van der Waals surface area contributed by atoms with Crippen LogP contribution in [0.3, 0.4) is 0 Å². The second kappa shape index (κ2) is 10.1. The van der Waals surface area contributed by atoms with Crippen LogP contribution in [0.4, 0.5) is 24.7 Å². The highest BCUT2D eigenvalue weighted by molar-refractivity contribution is 5.95. The van der Waals surface area contributed by atoms with Crippen LogP contribution in [0.2, 0.25) is 0 Å². The van der Waals surface area contributed by atoms with Crippen molar-refractivity contribution in [3.8, 4) is 11.8 Å². The topological polar surface area (TPSA) is 140 Å². The van der Waals surface area contributed by atoms with Gasteiger partial charge in [0.05, 0.1) is 17.7 Å². The number of hydrogen-bond donors (Lipinski definition) is 3. The van der Waals surface area contributed by atoms with Gasteiger partial charge in [-0.2, -0.15) is 18.7 Å². The minimum Gasteiger partial charge on any atom is -0.337 e. The molecule has 0 bridgehead atoms. The number of nitrogens with two attached hydrogens (primary N) is 1. The van der Waals surface area contributed by atoms with Crippen LogP contribution in [0.1, 0.15) is 35.7 Å². The Hall–Kier alpha value is -4.03. The van der Waals surface area contributed by atoms with Crippen molar-refractivity contribution in [2.24, 2.45) is 12.8 Å². The summed E-state index contributed by atoms with van der Waals surface area (Å²) in [7, 11) is 1.38. The molecular formula is C22H25F3N8O4. The van der Waals surface area contributed by atoms with E-state index in [1.807, 2.05) is 4.90 Å². The summed E-state index contributed by atoms with van der Waals surface area (Å²) in [5, 5.41) is 3.18. The zero-order valence-corrected chi connectivity index (χ0v) is 20.0. The Morgan fingerprint density at radius 1 is 1.38 bits per heavy atom. The second-order valence-corrected chi connectivity index (χ2v) is 8.55. The monoisotopic (exact) mass is 522 g/mol. The summed E-state index contributed by atoms with van der Waals surface area (Å²) >= 11 is 0. The molecule has 1 fully saturated rings. The first-order chi connectivity index (χ1) is 17.5. The fraction of sp³-hybridized carbons (Fsp3) is 0.455. The van der Waals surface area contributed by atoms with Crippen molar-refractivity contribution in [3.05, 3.63) is 50.4 Å². The molecule has 198 valence electrons. The van der Waals surface area contributed by atoms with Crippen LogP contribution in [0, 0.1) is 11.8 Å². The predicted octanol–water partition coefficient (Wildman–Crippen LogP) is -0.304. The van der Waals surface area contributed by atoms with Gasteiger partial charge in [0.1, 0.15) is 5.82 Å². The van der Waals surface area contributed by atoms with E-state index in [1.165, 1.54) is 7.05 Å². The number of nitrogens with zero attached hydrogens (tertiary/aromatic N) is 5. The lowest BCUT2D eigenvalue weighted by atomic mass is 10.1. The number of carbonyl (C=O) groups is 1. The van der Waals surface area contributed by atoms with Gasteiger partial charge in [-0.05, 0) is 25.8 Å². The predicted molar refractivity (Wildman–Crippen MR) is 126 cm³/mol. The number of halogens is 3. The Kier molecular flexibility index (Phi) is 7.14. The molecule has 0 aromatic carbocycles. The molecule has 2 aromatic heterocycles. The summed E-state index contributed by atoms with van der Waals surface area (Å²) in [5.74, 6) is 4.55. The minimum atomic E-state index is -4.86. The number of carbonyl (C=O) groups excluding carboxylic acids is 1. The molecule has 2 aliphatic heterocycles. The fourth-order valence-electron chi connectivity index (χ4n) is 4.34. The Balaban J connectivity index is 1.67.